The molecule has 1 rings (SSSR count). The van der Waals surface area contributed by atoms with Gasteiger partial charge in [-0.2, -0.15) is 0 Å². The molecule has 0 aliphatic rings. The summed E-state index contributed by atoms with van der Waals surface area (Å²) >= 11 is 0. The van der Waals surface area contributed by atoms with E-state index < -0.39 is 5.97 Å². The minimum Gasteiger partial charge on any atom is -0.496 e. The van der Waals surface area contributed by atoms with Crippen LogP contribution in [0.1, 0.15) is 5.56 Å². The topological polar surface area (TPSA) is 64.6 Å². The van der Waals surface area contributed by atoms with Crippen LogP contribution in [0.5, 0.6) is 5.75 Å². The van der Waals surface area contributed by atoms with E-state index in [1.807, 2.05) is 12.1 Å². The monoisotopic (exact) mass is 249 g/mol. The molecule has 1 amide bonds. The van der Waals surface area contributed by atoms with Crippen molar-refractivity contribution in [1.82, 2.24) is 5.32 Å². The summed E-state index contributed by atoms with van der Waals surface area (Å²) in [5.74, 6) is -0.272. The number of methoxy groups -OCH3 is 1. The lowest BCUT2D eigenvalue weighted by molar-refractivity contribution is -0.143. The zero-order valence-corrected chi connectivity index (χ0v) is 10.3. The van der Waals surface area contributed by atoms with Crippen LogP contribution in [0, 0.1) is 0 Å². The van der Waals surface area contributed by atoms with Gasteiger partial charge in [-0.05, 0) is 12.1 Å². The summed E-state index contributed by atoms with van der Waals surface area (Å²) < 4.78 is 9.84. The van der Waals surface area contributed by atoms with Crippen LogP contribution < -0.4 is 10.1 Å². The van der Waals surface area contributed by atoms with Gasteiger partial charge >= 0.3 is 5.97 Å². The Balaban J connectivity index is 2.58. The van der Waals surface area contributed by atoms with Crippen molar-refractivity contribution in [3.8, 4) is 5.75 Å². The third-order valence-corrected chi connectivity index (χ3v) is 2.16. The number of carbonyl (C=O) groups excluding carboxylic acids is 2. The molecule has 5 heteroatoms. The Morgan fingerprint density at radius 2 is 2.06 bits per heavy atom. The summed E-state index contributed by atoms with van der Waals surface area (Å²) in [6.45, 7) is -0.286. The minimum atomic E-state index is -0.579. The van der Waals surface area contributed by atoms with Crippen molar-refractivity contribution in [3.05, 3.63) is 35.9 Å². The van der Waals surface area contributed by atoms with Crippen molar-refractivity contribution in [2.24, 2.45) is 0 Å². The van der Waals surface area contributed by atoms with Crippen LogP contribution in [-0.2, 0) is 14.3 Å². The lowest BCUT2D eigenvalue weighted by Gasteiger charge is -2.03. The predicted octanol–water partition coefficient (Wildman–Crippen LogP) is 0.998. The van der Waals surface area contributed by atoms with Crippen LogP contribution >= 0.6 is 0 Å². The summed E-state index contributed by atoms with van der Waals surface area (Å²) in [5, 5.41) is 2.35. The Morgan fingerprint density at radius 1 is 1.33 bits per heavy atom. The fourth-order valence-electron chi connectivity index (χ4n) is 1.22. The average molecular weight is 249 g/mol. The second-order valence-corrected chi connectivity index (χ2v) is 3.36. The number of esters is 1. The van der Waals surface area contributed by atoms with Gasteiger partial charge in [0, 0.05) is 18.7 Å². The predicted molar refractivity (Wildman–Crippen MR) is 67.1 cm³/mol. The number of carbonyl (C=O) groups is 2. The Morgan fingerprint density at radius 3 is 2.72 bits per heavy atom. The molecule has 1 N–H and O–H groups in total. The zero-order valence-electron chi connectivity index (χ0n) is 10.3. The molecule has 0 aliphatic heterocycles. The van der Waals surface area contributed by atoms with E-state index in [0.29, 0.717) is 5.75 Å². The van der Waals surface area contributed by atoms with E-state index in [1.165, 1.54) is 13.1 Å². The second kappa shape index (κ2) is 7.11. The summed E-state index contributed by atoms with van der Waals surface area (Å²) in [5.41, 5.74) is 0.761. The first-order chi connectivity index (χ1) is 8.67. The van der Waals surface area contributed by atoms with E-state index in [0.717, 1.165) is 5.56 Å². The molecule has 0 heterocycles. The van der Waals surface area contributed by atoms with Crippen LogP contribution in [0.4, 0.5) is 0 Å². The van der Waals surface area contributed by atoms with Crippen LogP contribution in [0.2, 0.25) is 0 Å². The smallest absolute Gasteiger partial charge is 0.331 e. The molecule has 1 aromatic carbocycles. The number of benzene rings is 1. The molecule has 0 atom stereocenters. The number of hydrogen-bond acceptors (Lipinski definition) is 4. The van der Waals surface area contributed by atoms with E-state index in [2.05, 4.69) is 5.32 Å². The van der Waals surface area contributed by atoms with Crippen molar-refractivity contribution < 1.29 is 19.1 Å². The number of amides is 1. The van der Waals surface area contributed by atoms with Gasteiger partial charge in [0.05, 0.1) is 7.11 Å². The molecule has 0 saturated heterocycles. The first kappa shape index (κ1) is 13.8. The van der Waals surface area contributed by atoms with E-state index in [-0.39, 0.29) is 12.5 Å². The Kier molecular flexibility index (Phi) is 5.44. The maximum Gasteiger partial charge on any atom is 0.331 e. The van der Waals surface area contributed by atoms with Crippen LogP contribution in [0.25, 0.3) is 6.08 Å². The highest BCUT2D eigenvalue weighted by Gasteiger charge is 2.03. The van der Waals surface area contributed by atoms with Crippen LogP contribution in [0.3, 0.4) is 0 Å². The summed E-state index contributed by atoms with van der Waals surface area (Å²) in [4.78, 5) is 22.2. The third-order valence-electron chi connectivity index (χ3n) is 2.16. The van der Waals surface area contributed by atoms with Crippen LogP contribution in [-0.4, -0.2) is 32.6 Å². The molecule has 1 aromatic rings. The molecule has 5 nitrogen and oxygen atoms in total. The van der Waals surface area contributed by atoms with E-state index in [1.54, 1.807) is 25.3 Å². The SMILES string of the molecule is CNC(=O)COC(=O)/C=C/c1ccccc1OC. The molecule has 18 heavy (non-hydrogen) atoms. The van der Waals surface area contributed by atoms with Crippen LogP contribution in [0.15, 0.2) is 30.3 Å². The molecule has 0 bridgehead atoms. The molecular formula is C13H15NO4. The summed E-state index contributed by atoms with van der Waals surface area (Å²) in [6.07, 6.45) is 2.83. The maximum absolute atomic E-state index is 11.3. The van der Waals surface area contributed by atoms with E-state index in [9.17, 15) is 9.59 Å². The highest BCUT2D eigenvalue weighted by atomic mass is 16.5. The quantitative estimate of drug-likeness (QED) is 0.624. The molecule has 0 saturated carbocycles. The van der Waals surface area contributed by atoms with E-state index >= 15 is 0 Å². The molecular weight excluding hydrogens is 234 g/mol. The van der Waals surface area contributed by atoms with Crippen molar-refractivity contribution in [1.29, 1.82) is 0 Å². The molecule has 0 aliphatic carbocycles. The Hall–Kier alpha value is -2.30. The first-order valence-electron chi connectivity index (χ1n) is 5.36. The molecule has 96 valence electrons. The summed E-state index contributed by atoms with van der Waals surface area (Å²) in [7, 11) is 3.03. The van der Waals surface area contributed by atoms with Gasteiger partial charge in [0.2, 0.25) is 0 Å². The molecule has 0 radical (unpaired) electrons. The van der Waals surface area contributed by atoms with Gasteiger partial charge < -0.3 is 14.8 Å². The van der Waals surface area contributed by atoms with Crippen molar-refractivity contribution in [2.75, 3.05) is 20.8 Å². The van der Waals surface area contributed by atoms with E-state index in [4.69, 9.17) is 9.47 Å². The first-order valence-corrected chi connectivity index (χ1v) is 5.36. The van der Waals surface area contributed by atoms with Gasteiger partial charge in [-0.1, -0.05) is 18.2 Å². The zero-order chi connectivity index (χ0) is 13.4. The Bertz CT molecular complexity index is 454. The van der Waals surface area contributed by atoms with Gasteiger partial charge in [0.1, 0.15) is 5.75 Å². The lowest BCUT2D eigenvalue weighted by atomic mass is 10.2. The molecule has 0 fully saturated rings. The molecule has 0 unspecified atom stereocenters. The third kappa shape index (κ3) is 4.29. The lowest BCUT2D eigenvalue weighted by Crippen LogP contribution is -2.24. The molecule has 0 aromatic heterocycles. The standard InChI is InChI=1S/C13H15NO4/c1-14-12(15)9-18-13(16)8-7-10-5-3-4-6-11(10)17-2/h3-8H,9H2,1-2H3,(H,14,15)/b8-7+. The second-order valence-electron chi connectivity index (χ2n) is 3.36. The number of likely N-dealkylation sites (N-methyl/N-ethyl adjacent to an activating group) is 1. The fraction of sp³-hybridized carbons (Fsp3) is 0.231. The van der Waals surface area contributed by atoms with Gasteiger partial charge in [0.15, 0.2) is 6.61 Å². The maximum atomic E-state index is 11.3. The normalized spacial score (nSPS) is 10.1. The van der Waals surface area contributed by atoms with Gasteiger partial charge in [-0.3, -0.25) is 4.79 Å². The number of hydrogen-bond donors (Lipinski definition) is 1. The van der Waals surface area contributed by atoms with Gasteiger partial charge in [-0.15, -0.1) is 0 Å². The largest absolute Gasteiger partial charge is 0.496 e. The number of ether oxygens (including phenoxy) is 2. The van der Waals surface area contributed by atoms with Crippen molar-refractivity contribution >= 4 is 18.0 Å². The summed E-state index contributed by atoms with van der Waals surface area (Å²) in [6, 6.07) is 7.26. The van der Waals surface area contributed by atoms with Crippen molar-refractivity contribution in [2.45, 2.75) is 0 Å². The number of nitrogens with one attached hydrogen (secondary N) is 1. The highest BCUT2D eigenvalue weighted by molar-refractivity contribution is 5.89. The molecule has 0 spiro atoms. The fourth-order valence-corrected chi connectivity index (χ4v) is 1.22. The number of para-hydroxylation sites is 1. The average Bonchev–Trinajstić information content (AvgIpc) is 2.42. The minimum absolute atomic E-state index is 0.286. The van der Waals surface area contributed by atoms with Gasteiger partial charge in [0.25, 0.3) is 5.91 Å². The Labute approximate surface area is 105 Å². The van der Waals surface area contributed by atoms with Gasteiger partial charge in [-0.25, -0.2) is 4.79 Å². The highest BCUT2D eigenvalue weighted by Crippen LogP contribution is 2.18. The number of rotatable bonds is 5. The van der Waals surface area contributed by atoms with Crippen molar-refractivity contribution in [3.63, 3.8) is 0 Å².